The van der Waals surface area contributed by atoms with E-state index in [4.69, 9.17) is 11.6 Å². The van der Waals surface area contributed by atoms with Crippen molar-refractivity contribution in [1.29, 1.82) is 0 Å². The Labute approximate surface area is 232 Å². The fourth-order valence-electron chi connectivity index (χ4n) is 4.49. The molecule has 0 spiro atoms. The van der Waals surface area contributed by atoms with E-state index in [9.17, 15) is 18.7 Å². The highest BCUT2D eigenvalue weighted by molar-refractivity contribution is 6.32. The number of unbranched alkanes of at least 4 members (excludes halogenated alkanes) is 1. The van der Waals surface area contributed by atoms with Crippen LogP contribution in [-0.4, -0.2) is 46.2 Å². The van der Waals surface area contributed by atoms with Gasteiger partial charge in [-0.15, -0.1) is 10.2 Å². The molecule has 9 nitrogen and oxygen atoms in total. The van der Waals surface area contributed by atoms with E-state index in [1.807, 2.05) is 30.3 Å². The van der Waals surface area contributed by atoms with Gasteiger partial charge < -0.3 is 9.67 Å². The number of H-pyrrole nitrogens is 1. The molecule has 0 aliphatic heterocycles. The maximum Gasteiger partial charge on any atom is 0.355 e. The van der Waals surface area contributed by atoms with Gasteiger partial charge in [-0.05, 0) is 52.6 Å². The van der Waals surface area contributed by atoms with E-state index in [2.05, 4.69) is 37.5 Å². The molecule has 2 aromatic carbocycles. The molecule has 5 rings (SSSR count). The zero-order valence-corrected chi connectivity index (χ0v) is 22.1. The molecule has 0 radical (unpaired) electrons. The number of aromatic carboxylic acids is 1. The number of imidazole rings is 1. The number of aryl methyl sites for hydroxylation is 1. The van der Waals surface area contributed by atoms with Gasteiger partial charge in [-0.3, -0.25) is 0 Å². The molecular weight excluding hydrogens is 540 g/mol. The summed E-state index contributed by atoms with van der Waals surface area (Å²) in [5.41, 5.74) is 3.81. The smallest absolute Gasteiger partial charge is 0.355 e. The molecule has 2 N–H and O–H groups in total. The van der Waals surface area contributed by atoms with Crippen LogP contribution in [0.15, 0.2) is 60.7 Å². The van der Waals surface area contributed by atoms with Crippen molar-refractivity contribution in [3.63, 3.8) is 0 Å². The first-order valence-electron chi connectivity index (χ1n) is 12.6. The summed E-state index contributed by atoms with van der Waals surface area (Å²) in [5, 5.41) is 24.0. The van der Waals surface area contributed by atoms with Gasteiger partial charge in [0.15, 0.2) is 10.8 Å². The Balaban J connectivity index is 1.52. The molecule has 0 saturated carbocycles. The second-order valence-electron chi connectivity index (χ2n) is 9.10. The summed E-state index contributed by atoms with van der Waals surface area (Å²) in [4.78, 5) is 20.3. The Morgan fingerprint density at radius 2 is 1.82 bits per heavy atom. The number of benzene rings is 2. The lowest BCUT2D eigenvalue weighted by atomic mass is 9.95. The van der Waals surface area contributed by atoms with Crippen LogP contribution in [0.25, 0.3) is 33.8 Å². The Morgan fingerprint density at radius 3 is 2.50 bits per heavy atom. The highest BCUT2D eigenvalue weighted by Crippen LogP contribution is 2.34. The quantitative estimate of drug-likeness (QED) is 0.199. The minimum atomic E-state index is -2.68. The van der Waals surface area contributed by atoms with Gasteiger partial charge in [0.1, 0.15) is 11.5 Å². The van der Waals surface area contributed by atoms with E-state index in [-0.39, 0.29) is 23.1 Å². The van der Waals surface area contributed by atoms with Gasteiger partial charge in [-0.1, -0.05) is 61.3 Å². The summed E-state index contributed by atoms with van der Waals surface area (Å²) < 4.78 is 28.2. The van der Waals surface area contributed by atoms with E-state index in [0.29, 0.717) is 34.9 Å². The molecule has 0 saturated heterocycles. The molecule has 204 valence electrons. The number of alkyl halides is 2. The average molecular weight is 564 g/mol. The summed E-state index contributed by atoms with van der Waals surface area (Å²) >= 11 is 6.18. The Hall–Kier alpha value is -4.51. The minimum absolute atomic E-state index is 0.0266. The molecule has 12 heteroatoms. The fraction of sp³-hybridized carbons (Fsp3) is 0.214. The summed E-state index contributed by atoms with van der Waals surface area (Å²) in [7, 11) is 0. The number of halogens is 3. The Bertz CT molecular complexity index is 1640. The molecule has 0 unspecified atom stereocenters. The van der Waals surface area contributed by atoms with Crippen molar-refractivity contribution in [3.8, 4) is 33.8 Å². The largest absolute Gasteiger partial charge is 0.476 e. The minimum Gasteiger partial charge on any atom is -0.476 e. The van der Waals surface area contributed by atoms with Gasteiger partial charge in [0, 0.05) is 24.1 Å². The van der Waals surface area contributed by atoms with Crippen molar-refractivity contribution in [1.82, 2.24) is 35.2 Å². The van der Waals surface area contributed by atoms with Gasteiger partial charge in [0.2, 0.25) is 5.82 Å². The second kappa shape index (κ2) is 11.7. The van der Waals surface area contributed by atoms with Crippen LogP contribution >= 0.6 is 11.6 Å². The number of pyridine rings is 1. The maximum absolute atomic E-state index is 13.3. The lowest BCUT2D eigenvalue weighted by Crippen LogP contribution is -2.13. The number of carboxylic acid groups (broad SMARTS) is 1. The van der Waals surface area contributed by atoms with Crippen LogP contribution in [0.2, 0.25) is 5.15 Å². The molecule has 0 atom stereocenters. The number of aromatic amines is 1. The zero-order chi connectivity index (χ0) is 28.2. The van der Waals surface area contributed by atoms with Crippen molar-refractivity contribution < 1.29 is 18.7 Å². The molecule has 0 amide bonds. The SMILES string of the molecule is CCCCc1nc(Cl)c(C(=O)O)n1Cc1ccc(-c2cc(-c3cccc(C(F)F)n3)ccc2-c2nn[nH]n2)cc1. The standard InChI is InChI=1S/C28H24ClF2N7O2/c1-2-3-7-23-33-25(29)24(28(39)40)38(23)15-16-8-10-17(11-9-16)20-14-18(12-13-19(20)27-34-36-37-35-27)21-5-4-6-22(32-21)26(30)31/h4-6,8-14,26H,2-3,7,15H2,1H3,(H,39,40)(H,34,35,36,37). The summed E-state index contributed by atoms with van der Waals surface area (Å²) in [6.07, 6.45) is -0.274. The van der Waals surface area contributed by atoms with Crippen LogP contribution in [0.4, 0.5) is 8.78 Å². The Kier molecular flexibility index (Phi) is 7.92. The van der Waals surface area contributed by atoms with Gasteiger partial charge in [0.05, 0.1) is 5.69 Å². The number of hydrogen-bond donors (Lipinski definition) is 2. The number of carboxylic acids is 1. The van der Waals surface area contributed by atoms with Crippen LogP contribution in [0.1, 0.15) is 53.8 Å². The highest BCUT2D eigenvalue weighted by atomic mass is 35.5. The lowest BCUT2D eigenvalue weighted by molar-refractivity contribution is 0.0685. The molecule has 0 aliphatic carbocycles. The third kappa shape index (κ3) is 5.59. The predicted molar refractivity (Wildman–Crippen MR) is 145 cm³/mol. The number of aromatic nitrogens is 7. The molecule has 0 bridgehead atoms. The van der Waals surface area contributed by atoms with Gasteiger partial charge in [-0.2, -0.15) is 5.21 Å². The molecule has 5 aromatic rings. The topological polar surface area (TPSA) is 122 Å². The van der Waals surface area contributed by atoms with E-state index in [0.717, 1.165) is 29.5 Å². The van der Waals surface area contributed by atoms with Crippen molar-refractivity contribution in [2.75, 3.05) is 0 Å². The summed E-state index contributed by atoms with van der Waals surface area (Å²) in [5.74, 6) is -0.137. The maximum atomic E-state index is 13.3. The van der Waals surface area contributed by atoms with Crippen LogP contribution in [0.5, 0.6) is 0 Å². The average Bonchev–Trinajstić information content (AvgIpc) is 3.60. The van der Waals surface area contributed by atoms with Crippen LogP contribution in [0, 0.1) is 0 Å². The first-order chi connectivity index (χ1) is 19.4. The summed E-state index contributed by atoms with van der Waals surface area (Å²) in [6, 6.07) is 17.5. The van der Waals surface area contributed by atoms with Crippen molar-refractivity contribution in [2.45, 2.75) is 39.2 Å². The normalized spacial score (nSPS) is 11.3. The van der Waals surface area contributed by atoms with Crippen molar-refractivity contribution >= 4 is 17.6 Å². The van der Waals surface area contributed by atoms with E-state index >= 15 is 0 Å². The molecule has 0 fully saturated rings. The van der Waals surface area contributed by atoms with E-state index in [1.165, 1.54) is 6.07 Å². The first-order valence-corrected chi connectivity index (χ1v) is 12.9. The highest BCUT2D eigenvalue weighted by Gasteiger charge is 2.22. The number of nitrogens with zero attached hydrogens (tertiary/aromatic N) is 6. The number of rotatable bonds is 10. The third-order valence-electron chi connectivity index (χ3n) is 6.46. The van der Waals surface area contributed by atoms with E-state index < -0.39 is 12.4 Å². The Morgan fingerprint density at radius 1 is 1.05 bits per heavy atom. The van der Waals surface area contributed by atoms with Crippen LogP contribution in [0.3, 0.4) is 0 Å². The fourth-order valence-corrected chi connectivity index (χ4v) is 4.77. The molecule has 40 heavy (non-hydrogen) atoms. The van der Waals surface area contributed by atoms with Crippen LogP contribution in [-0.2, 0) is 13.0 Å². The second-order valence-corrected chi connectivity index (χ2v) is 9.46. The monoisotopic (exact) mass is 563 g/mol. The number of hydrogen-bond acceptors (Lipinski definition) is 6. The zero-order valence-electron chi connectivity index (χ0n) is 21.4. The number of nitrogens with one attached hydrogen (secondary N) is 1. The lowest BCUT2D eigenvalue weighted by Gasteiger charge is -2.13. The molecule has 3 heterocycles. The van der Waals surface area contributed by atoms with Crippen molar-refractivity contribution in [3.05, 3.63) is 88.6 Å². The third-order valence-corrected chi connectivity index (χ3v) is 6.73. The number of carbonyl (C=O) groups is 1. The van der Waals surface area contributed by atoms with Gasteiger partial charge in [0.25, 0.3) is 6.43 Å². The van der Waals surface area contributed by atoms with Crippen LogP contribution < -0.4 is 0 Å². The molecule has 0 aliphatic rings. The molecule has 3 aromatic heterocycles. The number of tetrazole rings is 1. The predicted octanol–water partition coefficient (Wildman–Crippen LogP) is 6.47. The molecular formula is C28H24ClF2N7O2. The summed E-state index contributed by atoms with van der Waals surface area (Å²) in [6.45, 7) is 2.33. The van der Waals surface area contributed by atoms with Gasteiger partial charge >= 0.3 is 5.97 Å². The van der Waals surface area contributed by atoms with Crippen molar-refractivity contribution in [2.24, 2.45) is 0 Å². The van der Waals surface area contributed by atoms with Gasteiger partial charge in [-0.25, -0.2) is 23.5 Å². The van der Waals surface area contributed by atoms with E-state index in [1.54, 1.807) is 28.8 Å². The first kappa shape index (κ1) is 27.1.